The molecule has 99 heavy (non-hydrogen) atoms. The van der Waals surface area contributed by atoms with Crippen LogP contribution in [0.4, 0.5) is 0 Å². The minimum Gasteiger partial charge on any atom is -0.493 e. The highest BCUT2D eigenvalue weighted by molar-refractivity contribution is 5.86. The van der Waals surface area contributed by atoms with Gasteiger partial charge in [0.1, 0.15) is 94.6 Å². The Hall–Kier alpha value is -8.22. The standard InChI is InChI=1S/C26H30O8.C26H30O7.C26H30O6/c1-13-23(33-13)15-5-19(25(21(7-15)27-3)31-11-17-9-29-17)20-6-16(24-14(2)34-24)8-22(28-4)26(20)32-12-18-10-30-18;1-5-6-16-7-20(25(22(8-16)27-3)31-13-18-11-29-18)21-9-17(24-15(2)33-24)10-23(28-4)26(21)32-14-19-12-30-19;1-5-7-17-9-21(25(23(11-17)27-3)31-15-19-13-29-19)22-10-18(8-6-2)12-24(28-4)26(22)32-16-20-14-30-20/h5-8,13-14,17-18,23-24H,9-12H2,1-4H3;5-10,15,18-19,24H,11-14H2,1-4H3;5-12,19-20H,13-16H2,1-4H3/b;6-5+;7-5+,8-6+. The van der Waals surface area contributed by atoms with Gasteiger partial charge in [-0.25, -0.2) is 0 Å². The minimum absolute atomic E-state index is 0.0227. The van der Waals surface area contributed by atoms with Crippen LogP contribution in [-0.2, 0) is 42.6 Å². The molecule has 0 saturated carbocycles. The maximum atomic E-state index is 6.28. The van der Waals surface area contributed by atoms with Gasteiger partial charge in [0.15, 0.2) is 69.0 Å². The topological polar surface area (TPSA) is 224 Å². The molecule has 15 rings (SSSR count). The van der Waals surface area contributed by atoms with Crippen molar-refractivity contribution in [2.24, 2.45) is 0 Å². The Labute approximate surface area is 578 Å². The quantitative estimate of drug-likeness (QED) is 0.0349. The van der Waals surface area contributed by atoms with E-state index in [0.29, 0.717) is 148 Å². The van der Waals surface area contributed by atoms with Gasteiger partial charge in [-0.15, -0.1) is 0 Å². The number of methoxy groups -OCH3 is 6. The largest absolute Gasteiger partial charge is 0.493 e. The predicted molar refractivity (Wildman–Crippen MR) is 370 cm³/mol. The van der Waals surface area contributed by atoms with Crippen LogP contribution >= 0.6 is 0 Å². The van der Waals surface area contributed by atoms with Gasteiger partial charge < -0.3 is 99.5 Å². The third-order valence-corrected chi connectivity index (χ3v) is 17.7. The maximum Gasteiger partial charge on any atom is 0.169 e. The monoisotopic (exact) mass is 1360 g/mol. The summed E-state index contributed by atoms with van der Waals surface area (Å²) >= 11 is 0. The first-order chi connectivity index (χ1) is 48.3. The van der Waals surface area contributed by atoms with Crippen LogP contribution in [-0.4, -0.2) is 177 Å². The molecule has 0 spiro atoms. The molecule has 0 radical (unpaired) electrons. The van der Waals surface area contributed by atoms with Crippen LogP contribution in [0.1, 0.15) is 93.2 Å². The summed E-state index contributed by atoms with van der Waals surface area (Å²) in [7, 11) is 9.91. The van der Waals surface area contributed by atoms with Gasteiger partial charge in [-0.1, -0.05) is 36.5 Å². The third kappa shape index (κ3) is 17.5. The lowest BCUT2D eigenvalue weighted by molar-refractivity contribution is 0.249. The molecule has 0 amide bonds. The van der Waals surface area contributed by atoms with E-state index in [2.05, 4.69) is 57.2 Å². The van der Waals surface area contributed by atoms with Gasteiger partial charge >= 0.3 is 0 Å². The van der Waals surface area contributed by atoms with Gasteiger partial charge in [-0.2, -0.15) is 0 Å². The van der Waals surface area contributed by atoms with E-state index < -0.39 is 0 Å². The molecule has 9 aliphatic rings. The van der Waals surface area contributed by atoms with Gasteiger partial charge in [-0.3, -0.25) is 0 Å². The second kappa shape index (κ2) is 31.1. The SMILES string of the molecule is C/C=C/c1cc(OC)c(OCC2CO2)c(-c2cc(/C=C/C)cc(OC)c2OCC2CO2)c1.C/C=C/c1cc(OC)c(OCC2CO2)c(-c2cc(C3OC3C)cc(OC)c2OCC2CO2)c1.COc1cc(C2OC2C)cc(-c2cc(C3OC3C)cc(OC)c2OCC2CO2)c1OCC1CO1. The Balaban J connectivity index is 0.000000133. The number of hydrogen-bond donors (Lipinski definition) is 0. The summed E-state index contributed by atoms with van der Waals surface area (Å²) in [6.07, 6.45) is 13.3. The predicted octanol–water partition coefficient (Wildman–Crippen LogP) is 13.3. The summed E-state index contributed by atoms with van der Waals surface area (Å²) in [6, 6.07) is 24.5. The van der Waals surface area contributed by atoms with Crippen molar-refractivity contribution in [3.8, 4) is 102 Å². The molecule has 0 N–H and O–H groups in total. The number of benzene rings is 6. The fourth-order valence-electron chi connectivity index (χ4n) is 11.8. The number of rotatable bonds is 33. The van der Waals surface area contributed by atoms with Crippen molar-refractivity contribution < 1.29 is 99.5 Å². The number of ether oxygens (including phenoxy) is 21. The number of allylic oxidation sites excluding steroid dienone is 3. The molecule has 0 aliphatic carbocycles. The molecule has 0 aromatic heterocycles. The van der Waals surface area contributed by atoms with E-state index in [0.717, 1.165) is 66.8 Å². The first-order valence-corrected chi connectivity index (χ1v) is 34.0. The zero-order valence-electron chi connectivity index (χ0n) is 58.4. The van der Waals surface area contributed by atoms with Gasteiger partial charge in [0.2, 0.25) is 0 Å². The van der Waals surface area contributed by atoms with Crippen LogP contribution < -0.4 is 56.8 Å². The van der Waals surface area contributed by atoms with Crippen molar-refractivity contribution in [2.75, 3.05) is 122 Å². The van der Waals surface area contributed by atoms with E-state index in [1.54, 1.807) is 42.7 Å². The van der Waals surface area contributed by atoms with Crippen molar-refractivity contribution in [3.63, 3.8) is 0 Å². The van der Waals surface area contributed by atoms with Gasteiger partial charge in [0, 0.05) is 33.4 Å². The summed E-state index contributed by atoms with van der Waals surface area (Å²) in [5.41, 5.74) is 11.3. The Morgan fingerprint density at radius 3 is 0.636 bits per heavy atom. The van der Waals surface area contributed by atoms with Crippen molar-refractivity contribution in [1.29, 1.82) is 0 Å². The summed E-state index contributed by atoms with van der Waals surface area (Å²) in [4.78, 5) is 0. The molecule has 9 aliphatic heterocycles. The van der Waals surface area contributed by atoms with E-state index in [4.69, 9.17) is 99.5 Å². The minimum atomic E-state index is 0.0227. The van der Waals surface area contributed by atoms with Crippen LogP contribution in [0.5, 0.6) is 69.0 Å². The van der Waals surface area contributed by atoms with Crippen molar-refractivity contribution in [1.82, 2.24) is 0 Å². The first kappa shape index (κ1) is 69.3. The second-order valence-corrected chi connectivity index (χ2v) is 25.5. The Morgan fingerprint density at radius 2 is 0.475 bits per heavy atom. The maximum absolute atomic E-state index is 6.28. The molecule has 21 heteroatoms. The number of epoxide rings is 9. The highest BCUT2D eigenvalue weighted by atomic mass is 16.6. The summed E-state index contributed by atoms with van der Waals surface area (Å²) < 4.78 is 122. The summed E-state index contributed by atoms with van der Waals surface area (Å²) in [6.45, 7) is 19.2. The van der Waals surface area contributed by atoms with Crippen molar-refractivity contribution in [2.45, 2.75) is 115 Å². The lowest BCUT2D eigenvalue weighted by Gasteiger charge is -2.21. The second-order valence-electron chi connectivity index (χ2n) is 25.5. The summed E-state index contributed by atoms with van der Waals surface area (Å²) in [5.74, 6) is 7.81. The highest BCUT2D eigenvalue weighted by Gasteiger charge is 2.42. The average Bonchev–Trinajstić information content (AvgIpc) is 1.70. The van der Waals surface area contributed by atoms with E-state index in [1.165, 1.54) is 0 Å². The van der Waals surface area contributed by atoms with Crippen LogP contribution in [0.15, 0.2) is 91.0 Å². The molecule has 12 atom stereocenters. The first-order valence-electron chi connectivity index (χ1n) is 34.0. The molecular formula is C78H90O21. The molecule has 0 bridgehead atoms. The lowest BCUT2D eigenvalue weighted by Crippen LogP contribution is -2.09. The van der Waals surface area contributed by atoms with Crippen molar-refractivity contribution in [3.05, 3.63) is 124 Å². The lowest BCUT2D eigenvalue weighted by atomic mass is 9.95. The smallest absolute Gasteiger partial charge is 0.169 e. The van der Waals surface area contributed by atoms with Crippen LogP contribution in [0.3, 0.4) is 0 Å². The van der Waals surface area contributed by atoms with Gasteiger partial charge in [0.05, 0.1) is 101 Å². The Morgan fingerprint density at radius 1 is 0.293 bits per heavy atom. The molecule has 12 unspecified atom stereocenters. The van der Waals surface area contributed by atoms with Crippen molar-refractivity contribution >= 4 is 18.2 Å². The third-order valence-electron chi connectivity index (χ3n) is 17.7. The zero-order valence-corrected chi connectivity index (χ0v) is 58.4. The summed E-state index contributed by atoms with van der Waals surface area (Å²) in [5, 5.41) is 0. The fraction of sp³-hybridized carbons (Fsp3) is 0.462. The average molecular weight is 1360 g/mol. The highest BCUT2D eigenvalue weighted by Crippen LogP contribution is 2.55. The van der Waals surface area contributed by atoms with E-state index in [1.807, 2.05) is 93.6 Å². The van der Waals surface area contributed by atoms with Crippen LogP contribution in [0.2, 0.25) is 0 Å². The molecule has 6 aromatic carbocycles. The molecule has 9 heterocycles. The molecular weight excluding hydrogens is 1270 g/mol. The van der Waals surface area contributed by atoms with Gasteiger partial charge in [0.25, 0.3) is 0 Å². The van der Waals surface area contributed by atoms with E-state index in [-0.39, 0.29) is 73.2 Å². The van der Waals surface area contributed by atoms with Crippen LogP contribution in [0, 0.1) is 0 Å². The zero-order chi connectivity index (χ0) is 68.8. The molecule has 21 nitrogen and oxygen atoms in total. The van der Waals surface area contributed by atoms with E-state index in [9.17, 15) is 0 Å². The Kier molecular flexibility index (Phi) is 21.8. The van der Waals surface area contributed by atoms with Gasteiger partial charge in [-0.05, 0) is 148 Å². The fourth-order valence-corrected chi connectivity index (χ4v) is 11.8. The molecule has 6 aromatic rings. The molecule has 9 saturated heterocycles. The molecule has 9 fully saturated rings. The van der Waals surface area contributed by atoms with E-state index >= 15 is 0 Å². The van der Waals surface area contributed by atoms with Crippen LogP contribution in [0.25, 0.3) is 51.6 Å². The normalized spacial score (nSPS) is 25.1. The number of hydrogen-bond acceptors (Lipinski definition) is 21. The molecule has 528 valence electrons. The Bertz CT molecular complexity index is 3750.